The van der Waals surface area contributed by atoms with Gasteiger partial charge in [0.05, 0.1) is 17.2 Å². The Kier molecular flexibility index (Phi) is 8.85. The zero-order valence-electron chi connectivity index (χ0n) is 16.4. The van der Waals surface area contributed by atoms with E-state index in [2.05, 4.69) is 0 Å². The lowest BCUT2D eigenvalue weighted by atomic mass is 10.0. The second-order valence-corrected chi connectivity index (χ2v) is 6.37. The van der Waals surface area contributed by atoms with Gasteiger partial charge in [-0.3, -0.25) is 9.59 Å². The Hall–Kier alpha value is -3.19. The average molecular weight is 400 g/mol. The molecule has 0 aliphatic carbocycles. The molecule has 2 atom stereocenters. The van der Waals surface area contributed by atoms with E-state index in [-0.39, 0.29) is 25.6 Å². The summed E-state index contributed by atoms with van der Waals surface area (Å²) < 4.78 is 21.0. The van der Waals surface area contributed by atoms with Crippen LogP contribution in [0.4, 0.5) is 0 Å². The normalized spacial score (nSPS) is 12.5. The van der Waals surface area contributed by atoms with Crippen LogP contribution in [0.2, 0.25) is 0 Å². The summed E-state index contributed by atoms with van der Waals surface area (Å²) >= 11 is 0. The molecule has 7 nitrogen and oxygen atoms in total. The van der Waals surface area contributed by atoms with Crippen molar-refractivity contribution in [2.24, 2.45) is 0 Å². The molecule has 0 heterocycles. The second kappa shape index (κ2) is 11.6. The van der Waals surface area contributed by atoms with Gasteiger partial charge >= 0.3 is 5.97 Å². The zero-order chi connectivity index (χ0) is 21.1. The predicted octanol–water partition coefficient (Wildman–Crippen LogP) is 3.42. The number of ether oxygens (including phenoxy) is 4. The highest BCUT2D eigenvalue weighted by Crippen LogP contribution is 2.21. The van der Waals surface area contributed by atoms with Crippen LogP contribution in [0.15, 0.2) is 54.6 Å². The van der Waals surface area contributed by atoms with Crippen molar-refractivity contribution in [1.29, 1.82) is 0 Å². The van der Waals surface area contributed by atoms with Gasteiger partial charge in [-0.05, 0) is 38.1 Å². The van der Waals surface area contributed by atoms with Gasteiger partial charge in [-0.25, -0.2) is 4.79 Å². The van der Waals surface area contributed by atoms with Gasteiger partial charge in [0.2, 0.25) is 0 Å². The first-order valence-corrected chi connectivity index (χ1v) is 9.19. The number of ketones is 1. The molecule has 2 unspecified atom stereocenters. The summed E-state index contributed by atoms with van der Waals surface area (Å²) in [5, 5.41) is 0. The van der Waals surface area contributed by atoms with E-state index in [0.717, 1.165) is 0 Å². The molecule has 154 valence electrons. The van der Waals surface area contributed by atoms with E-state index >= 15 is 0 Å². The fourth-order valence-corrected chi connectivity index (χ4v) is 2.45. The monoisotopic (exact) mass is 400 g/mol. The first-order valence-electron chi connectivity index (χ1n) is 9.19. The molecular formula is C22H24O7. The SMILES string of the molecule is CC(CC(=O)c1ccccc1OCOC(C)COC(=O)c1ccccc1)OC=O. The summed E-state index contributed by atoms with van der Waals surface area (Å²) in [6, 6.07) is 15.4. The minimum atomic E-state index is -0.524. The lowest BCUT2D eigenvalue weighted by Crippen LogP contribution is -2.21. The lowest BCUT2D eigenvalue weighted by molar-refractivity contribution is -0.132. The van der Waals surface area contributed by atoms with Crippen LogP contribution in [0, 0.1) is 0 Å². The molecule has 0 radical (unpaired) electrons. The van der Waals surface area contributed by atoms with Gasteiger partial charge in [-0.2, -0.15) is 0 Å². The largest absolute Gasteiger partial charge is 0.467 e. The van der Waals surface area contributed by atoms with Crippen molar-refractivity contribution < 1.29 is 33.3 Å². The Morgan fingerprint density at radius 3 is 2.38 bits per heavy atom. The number of carbonyl (C=O) groups is 3. The molecule has 29 heavy (non-hydrogen) atoms. The van der Waals surface area contributed by atoms with Crippen LogP contribution >= 0.6 is 0 Å². The third-order valence-corrected chi connectivity index (χ3v) is 3.97. The molecule has 0 saturated heterocycles. The van der Waals surface area contributed by atoms with E-state index in [1.807, 2.05) is 6.07 Å². The van der Waals surface area contributed by atoms with E-state index in [0.29, 0.717) is 23.3 Å². The van der Waals surface area contributed by atoms with Crippen LogP contribution in [0.3, 0.4) is 0 Å². The number of hydrogen-bond acceptors (Lipinski definition) is 7. The minimum absolute atomic E-state index is 0.0474. The van der Waals surface area contributed by atoms with Crippen molar-refractivity contribution in [1.82, 2.24) is 0 Å². The maximum atomic E-state index is 12.4. The molecule has 2 aromatic carbocycles. The lowest BCUT2D eigenvalue weighted by Gasteiger charge is -2.16. The van der Waals surface area contributed by atoms with Crippen LogP contribution in [-0.4, -0.2) is 43.8 Å². The summed E-state index contributed by atoms with van der Waals surface area (Å²) in [6.45, 7) is 3.65. The molecule has 0 saturated carbocycles. The second-order valence-electron chi connectivity index (χ2n) is 6.37. The Balaban J connectivity index is 1.80. The van der Waals surface area contributed by atoms with Gasteiger partial charge in [-0.1, -0.05) is 30.3 Å². The summed E-state index contributed by atoms with van der Waals surface area (Å²) in [5.74, 6) is -0.270. The molecule has 0 N–H and O–H groups in total. The summed E-state index contributed by atoms with van der Waals surface area (Å²) in [4.78, 5) is 34.7. The van der Waals surface area contributed by atoms with Crippen molar-refractivity contribution in [3.63, 3.8) is 0 Å². The minimum Gasteiger partial charge on any atom is -0.467 e. The summed E-state index contributed by atoms with van der Waals surface area (Å²) in [6.07, 6.45) is -0.874. The molecule has 0 fully saturated rings. The van der Waals surface area contributed by atoms with E-state index in [1.54, 1.807) is 62.4 Å². The first-order chi connectivity index (χ1) is 14.0. The predicted molar refractivity (Wildman–Crippen MR) is 105 cm³/mol. The third-order valence-electron chi connectivity index (χ3n) is 3.97. The molecule has 0 bridgehead atoms. The van der Waals surface area contributed by atoms with Crippen LogP contribution in [0.25, 0.3) is 0 Å². The van der Waals surface area contributed by atoms with E-state index < -0.39 is 18.2 Å². The highest BCUT2D eigenvalue weighted by molar-refractivity contribution is 5.99. The number of Topliss-reactive ketones (excluding diaryl/α,β-unsaturated/α-hetero) is 1. The Morgan fingerprint density at radius 2 is 1.66 bits per heavy atom. The fraction of sp³-hybridized carbons (Fsp3) is 0.318. The van der Waals surface area contributed by atoms with Crippen LogP contribution < -0.4 is 4.74 Å². The smallest absolute Gasteiger partial charge is 0.338 e. The number of benzene rings is 2. The molecule has 0 aliphatic rings. The van der Waals surface area contributed by atoms with Gasteiger partial charge in [0.25, 0.3) is 6.47 Å². The molecule has 0 aliphatic heterocycles. The summed E-state index contributed by atoms with van der Waals surface area (Å²) in [5.41, 5.74) is 0.844. The average Bonchev–Trinajstić information content (AvgIpc) is 2.73. The maximum Gasteiger partial charge on any atom is 0.338 e. The number of rotatable bonds is 12. The number of carbonyl (C=O) groups excluding carboxylic acids is 3. The molecule has 7 heteroatoms. The quantitative estimate of drug-likeness (QED) is 0.233. The Bertz CT molecular complexity index is 804. The van der Waals surface area contributed by atoms with Crippen molar-refractivity contribution in [3.8, 4) is 5.75 Å². The zero-order valence-corrected chi connectivity index (χ0v) is 16.4. The number of hydrogen-bond donors (Lipinski definition) is 0. The molecule has 2 aromatic rings. The number of esters is 1. The number of para-hydroxylation sites is 1. The molecule has 0 spiro atoms. The molecule has 2 rings (SSSR count). The highest BCUT2D eigenvalue weighted by atomic mass is 16.7. The molecule has 0 aromatic heterocycles. The van der Waals surface area contributed by atoms with Gasteiger partial charge in [0.15, 0.2) is 12.6 Å². The Morgan fingerprint density at radius 1 is 0.966 bits per heavy atom. The van der Waals surface area contributed by atoms with Crippen molar-refractivity contribution in [2.75, 3.05) is 13.4 Å². The van der Waals surface area contributed by atoms with Crippen molar-refractivity contribution in [2.45, 2.75) is 32.5 Å². The highest BCUT2D eigenvalue weighted by Gasteiger charge is 2.16. The fourth-order valence-electron chi connectivity index (χ4n) is 2.45. The Labute approximate surface area is 169 Å². The van der Waals surface area contributed by atoms with Gasteiger partial charge < -0.3 is 18.9 Å². The standard InChI is InChI=1S/C22H24O7/c1-16(27-14-23)12-20(24)19-10-6-7-11-21(19)29-15-28-17(2)13-26-22(25)18-8-4-3-5-9-18/h3-11,14,16-17H,12-13,15H2,1-2H3. The van der Waals surface area contributed by atoms with Crippen molar-refractivity contribution >= 4 is 18.2 Å². The van der Waals surface area contributed by atoms with Gasteiger partial charge in [0, 0.05) is 6.42 Å². The summed E-state index contributed by atoms with van der Waals surface area (Å²) in [7, 11) is 0. The molecular weight excluding hydrogens is 376 g/mol. The van der Waals surface area contributed by atoms with E-state index in [9.17, 15) is 14.4 Å². The third kappa shape index (κ3) is 7.38. The van der Waals surface area contributed by atoms with Crippen molar-refractivity contribution in [3.05, 3.63) is 65.7 Å². The van der Waals surface area contributed by atoms with Crippen LogP contribution in [-0.2, 0) is 19.0 Å². The van der Waals surface area contributed by atoms with E-state index in [4.69, 9.17) is 18.9 Å². The van der Waals surface area contributed by atoms with Gasteiger partial charge in [-0.15, -0.1) is 0 Å². The van der Waals surface area contributed by atoms with Crippen LogP contribution in [0.5, 0.6) is 5.75 Å². The molecule has 0 amide bonds. The topological polar surface area (TPSA) is 88.1 Å². The maximum absolute atomic E-state index is 12.4. The van der Waals surface area contributed by atoms with E-state index in [1.165, 1.54) is 0 Å². The van der Waals surface area contributed by atoms with Crippen LogP contribution in [0.1, 0.15) is 41.0 Å². The first kappa shape index (κ1) is 22.1. The van der Waals surface area contributed by atoms with Gasteiger partial charge in [0.1, 0.15) is 18.5 Å².